The first-order valence-corrected chi connectivity index (χ1v) is 9.07. The second-order valence-corrected chi connectivity index (χ2v) is 6.22. The normalized spacial score (nSPS) is 11.4. The van der Waals surface area contributed by atoms with E-state index >= 15 is 0 Å². The monoisotopic (exact) mass is 375 g/mol. The molecule has 0 aliphatic heterocycles. The number of hydrogen-bond acceptors (Lipinski definition) is 5. The number of nitrogens with zero attached hydrogens (tertiary/aromatic N) is 1. The summed E-state index contributed by atoms with van der Waals surface area (Å²) in [7, 11) is 3.26. The summed E-state index contributed by atoms with van der Waals surface area (Å²) in [5, 5.41) is 2.07. The molecule has 0 N–H and O–H groups in total. The molecule has 0 saturated heterocycles. The molecule has 0 amide bonds. The van der Waals surface area contributed by atoms with E-state index in [9.17, 15) is 0 Å². The summed E-state index contributed by atoms with van der Waals surface area (Å²) in [6.07, 6.45) is 1.77. The third-order valence-electron chi connectivity index (χ3n) is 4.52. The molecule has 28 heavy (non-hydrogen) atoms. The van der Waals surface area contributed by atoms with E-state index in [4.69, 9.17) is 18.6 Å². The fourth-order valence-electron chi connectivity index (χ4n) is 3.19. The number of rotatable bonds is 6. The molecule has 0 aliphatic rings. The Labute approximate surface area is 163 Å². The minimum atomic E-state index is 0.582. The van der Waals surface area contributed by atoms with Gasteiger partial charge in [-0.3, -0.25) is 4.99 Å². The van der Waals surface area contributed by atoms with Crippen LogP contribution in [0.25, 0.3) is 21.9 Å². The molecule has 1 heterocycles. The number of ether oxygens (including phenoxy) is 3. The zero-order valence-corrected chi connectivity index (χ0v) is 16.1. The van der Waals surface area contributed by atoms with E-state index in [0.29, 0.717) is 29.5 Å². The zero-order chi connectivity index (χ0) is 19.5. The van der Waals surface area contributed by atoms with Gasteiger partial charge in [0.05, 0.1) is 20.8 Å². The highest BCUT2D eigenvalue weighted by atomic mass is 16.5. The number of benzene rings is 3. The van der Waals surface area contributed by atoms with E-state index in [1.807, 2.05) is 61.5 Å². The molecule has 0 fully saturated rings. The van der Waals surface area contributed by atoms with Gasteiger partial charge in [0, 0.05) is 23.1 Å². The molecule has 5 nitrogen and oxygen atoms in total. The van der Waals surface area contributed by atoms with Crippen molar-refractivity contribution in [1.29, 1.82) is 0 Å². The van der Waals surface area contributed by atoms with Gasteiger partial charge in [-0.05, 0) is 42.8 Å². The lowest BCUT2D eigenvalue weighted by molar-refractivity contribution is 0.311. The van der Waals surface area contributed by atoms with Crippen LogP contribution in [0, 0.1) is 0 Å². The summed E-state index contributed by atoms with van der Waals surface area (Å²) >= 11 is 0. The molecule has 0 radical (unpaired) electrons. The Balaban J connectivity index is 1.73. The van der Waals surface area contributed by atoms with Crippen molar-refractivity contribution in [3.05, 3.63) is 60.2 Å². The Hall–Kier alpha value is -3.47. The summed E-state index contributed by atoms with van der Waals surface area (Å²) in [5.74, 6) is 2.07. The van der Waals surface area contributed by atoms with Crippen LogP contribution in [0.1, 0.15) is 12.5 Å². The van der Waals surface area contributed by atoms with Gasteiger partial charge in [-0.25, -0.2) is 0 Å². The van der Waals surface area contributed by atoms with Crippen LogP contribution in [0.3, 0.4) is 0 Å². The largest absolute Gasteiger partial charge is 0.494 e. The van der Waals surface area contributed by atoms with Crippen LogP contribution in [0.4, 0.5) is 5.69 Å². The second kappa shape index (κ2) is 7.64. The average molecular weight is 375 g/mol. The third kappa shape index (κ3) is 3.27. The predicted molar refractivity (Wildman–Crippen MR) is 112 cm³/mol. The number of aliphatic imine (C=N–C) groups is 1. The Bertz CT molecular complexity index is 1160. The summed E-state index contributed by atoms with van der Waals surface area (Å²) < 4.78 is 22.5. The van der Waals surface area contributed by atoms with Crippen molar-refractivity contribution in [2.45, 2.75) is 6.92 Å². The summed E-state index contributed by atoms with van der Waals surface area (Å²) in [6.45, 7) is 2.52. The minimum Gasteiger partial charge on any atom is -0.494 e. The fourth-order valence-corrected chi connectivity index (χ4v) is 3.19. The molecule has 0 saturated carbocycles. The second-order valence-electron chi connectivity index (χ2n) is 6.22. The van der Waals surface area contributed by atoms with Gasteiger partial charge in [-0.1, -0.05) is 18.2 Å². The van der Waals surface area contributed by atoms with Gasteiger partial charge in [0.25, 0.3) is 0 Å². The number of fused-ring (bicyclic) bond motifs is 3. The highest BCUT2D eigenvalue weighted by Gasteiger charge is 2.11. The van der Waals surface area contributed by atoms with E-state index in [2.05, 4.69) is 4.99 Å². The first-order chi connectivity index (χ1) is 13.7. The minimum absolute atomic E-state index is 0.582. The van der Waals surface area contributed by atoms with Crippen LogP contribution < -0.4 is 14.2 Å². The van der Waals surface area contributed by atoms with Gasteiger partial charge in [0.15, 0.2) is 11.5 Å². The van der Waals surface area contributed by atoms with E-state index in [1.54, 1.807) is 20.4 Å². The summed E-state index contributed by atoms with van der Waals surface area (Å²) in [4.78, 5) is 4.61. The van der Waals surface area contributed by atoms with Gasteiger partial charge in [0.1, 0.15) is 22.6 Å². The maximum atomic E-state index is 5.96. The maximum Gasteiger partial charge on any atom is 0.161 e. The van der Waals surface area contributed by atoms with Gasteiger partial charge in [-0.15, -0.1) is 0 Å². The molecular weight excluding hydrogens is 354 g/mol. The van der Waals surface area contributed by atoms with Crippen molar-refractivity contribution in [3.63, 3.8) is 0 Å². The first-order valence-electron chi connectivity index (χ1n) is 9.07. The molecule has 0 unspecified atom stereocenters. The molecule has 142 valence electrons. The van der Waals surface area contributed by atoms with Crippen molar-refractivity contribution in [3.8, 4) is 17.2 Å². The number of furan rings is 1. The van der Waals surface area contributed by atoms with Crippen LogP contribution in [-0.2, 0) is 0 Å². The molecule has 0 spiro atoms. The molecule has 3 aromatic carbocycles. The van der Waals surface area contributed by atoms with E-state index in [0.717, 1.165) is 27.5 Å². The smallest absolute Gasteiger partial charge is 0.161 e. The molecule has 4 rings (SSSR count). The van der Waals surface area contributed by atoms with Crippen LogP contribution in [0.15, 0.2) is 64.0 Å². The van der Waals surface area contributed by atoms with Crippen LogP contribution in [0.5, 0.6) is 17.2 Å². The number of methoxy groups -OCH3 is 2. The average Bonchev–Trinajstić information content (AvgIpc) is 3.09. The summed E-state index contributed by atoms with van der Waals surface area (Å²) in [6, 6.07) is 17.5. The Kier molecular flexibility index (Phi) is 4.89. The van der Waals surface area contributed by atoms with Gasteiger partial charge < -0.3 is 18.6 Å². The van der Waals surface area contributed by atoms with Crippen LogP contribution in [0.2, 0.25) is 0 Å². The zero-order valence-electron chi connectivity index (χ0n) is 16.1. The number of hydrogen-bond donors (Lipinski definition) is 0. The number of para-hydroxylation sites is 1. The lowest BCUT2D eigenvalue weighted by Crippen LogP contribution is -1.96. The van der Waals surface area contributed by atoms with Crippen molar-refractivity contribution >= 4 is 33.8 Å². The van der Waals surface area contributed by atoms with Gasteiger partial charge in [0.2, 0.25) is 0 Å². The Morgan fingerprint density at radius 3 is 2.46 bits per heavy atom. The van der Waals surface area contributed by atoms with Gasteiger partial charge >= 0.3 is 0 Å². The van der Waals surface area contributed by atoms with E-state index in [-0.39, 0.29) is 0 Å². The van der Waals surface area contributed by atoms with Crippen molar-refractivity contribution in [1.82, 2.24) is 0 Å². The molecular formula is C23H21NO4. The van der Waals surface area contributed by atoms with Gasteiger partial charge in [-0.2, -0.15) is 0 Å². The molecule has 0 aliphatic carbocycles. The highest BCUT2D eigenvalue weighted by molar-refractivity contribution is 6.06. The molecule has 0 bridgehead atoms. The van der Waals surface area contributed by atoms with Crippen molar-refractivity contribution < 1.29 is 18.6 Å². The van der Waals surface area contributed by atoms with E-state index in [1.165, 1.54) is 0 Å². The standard InChI is InChI=1S/C23H21NO4/c1-4-27-20-10-9-15(11-23(20)26-3)14-24-18-13-21-17(12-22(18)25-2)16-7-5-6-8-19(16)28-21/h5-14H,4H2,1-3H3. The molecule has 0 atom stereocenters. The quantitative estimate of drug-likeness (QED) is 0.403. The molecule has 5 heteroatoms. The maximum absolute atomic E-state index is 5.96. The third-order valence-corrected chi connectivity index (χ3v) is 4.52. The first kappa shape index (κ1) is 17.9. The lowest BCUT2D eigenvalue weighted by Gasteiger charge is -2.09. The van der Waals surface area contributed by atoms with Crippen molar-refractivity contribution in [2.75, 3.05) is 20.8 Å². The SMILES string of the molecule is CCOc1ccc(C=Nc2cc3oc4ccccc4c3cc2OC)cc1OC. The molecule has 1 aromatic heterocycles. The Morgan fingerprint density at radius 1 is 0.857 bits per heavy atom. The summed E-state index contributed by atoms with van der Waals surface area (Å²) in [5.41, 5.74) is 3.21. The van der Waals surface area contributed by atoms with Crippen molar-refractivity contribution in [2.24, 2.45) is 4.99 Å². The highest BCUT2D eigenvalue weighted by Crippen LogP contribution is 2.37. The lowest BCUT2D eigenvalue weighted by atomic mass is 10.1. The predicted octanol–water partition coefficient (Wildman–Crippen LogP) is 5.75. The fraction of sp³-hybridized carbons (Fsp3) is 0.174. The Morgan fingerprint density at radius 2 is 1.68 bits per heavy atom. The molecule has 4 aromatic rings. The van der Waals surface area contributed by atoms with Crippen LogP contribution in [-0.4, -0.2) is 27.0 Å². The van der Waals surface area contributed by atoms with Crippen LogP contribution >= 0.6 is 0 Å². The topological polar surface area (TPSA) is 53.2 Å². The van der Waals surface area contributed by atoms with E-state index < -0.39 is 0 Å².